The van der Waals surface area contributed by atoms with Gasteiger partial charge in [0.25, 0.3) is 5.91 Å². The SMILES string of the molecule is Cc1ccc(Cl)cc1Nc1ccnc(C(=O)Nc2cccc(C#N)c2)c1. The standard InChI is InChI=1S/C20H15ClN4O/c1-13-5-6-15(21)10-18(13)24-17-7-8-23-19(11-17)20(26)25-16-4-2-3-14(9-16)12-22/h2-11H,1H3,(H,23,24)(H,25,26). The summed E-state index contributed by atoms with van der Waals surface area (Å²) in [6, 6.07) is 17.7. The first-order valence-corrected chi connectivity index (χ1v) is 8.24. The lowest BCUT2D eigenvalue weighted by atomic mass is 10.2. The molecule has 6 heteroatoms. The molecule has 5 nitrogen and oxygen atoms in total. The van der Waals surface area contributed by atoms with Gasteiger partial charge in [0.05, 0.1) is 11.6 Å². The molecule has 3 aromatic rings. The molecule has 3 rings (SSSR count). The summed E-state index contributed by atoms with van der Waals surface area (Å²) in [6.45, 7) is 1.97. The maximum atomic E-state index is 12.4. The molecule has 0 radical (unpaired) electrons. The van der Waals surface area contributed by atoms with Crippen LogP contribution in [0.5, 0.6) is 0 Å². The van der Waals surface area contributed by atoms with Crippen molar-refractivity contribution >= 4 is 34.6 Å². The summed E-state index contributed by atoms with van der Waals surface area (Å²) >= 11 is 6.04. The normalized spacial score (nSPS) is 10.0. The first-order valence-electron chi connectivity index (χ1n) is 7.86. The van der Waals surface area contributed by atoms with Gasteiger partial charge in [-0.1, -0.05) is 23.7 Å². The molecule has 1 aromatic heterocycles. The molecule has 1 amide bonds. The molecular weight excluding hydrogens is 348 g/mol. The van der Waals surface area contributed by atoms with Gasteiger partial charge in [-0.2, -0.15) is 5.26 Å². The number of hydrogen-bond donors (Lipinski definition) is 2. The van der Waals surface area contributed by atoms with Crippen LogP contribution in [0.2, 0.25) is 5.02 Å². The lowest BCUT2D eigenvalue weighted by molar-refractivity contribution is 0.102. The molecular formula is C20H15ClN4O. The van der Waals surface area contributed by atoms with Gasteiger partial charge in [0, 0.05) is 28.3 Å². The summed E-state index contributed by atoms with van der Waals surface area (Å²) in [5.41, 5.74) is 3.89. The summed E-state index contributed by atoms with van der Waals surface area (Å²) in [5, 5.41) is 15.6. The van der Waals surface area contributed by atoms with Crippen molar-refractivity contribution in [3.8, 4) is 6.07 Å². The lowest BCUT2D eigenvalue weighted by Gasteiger charge is -2.11. The van der Waals surface area contributed by atoms with E-state index in [1.54, 1.807) is 42.6 Å². The van der Waals surface area contributed by atoms with E-state index >= 15 is 0 Å². The summed E-state index contributed by atoms with van der Waals surface area (Å²) in [4.78, 5) is 16.6. The van der Waals surface area contributed by atoms with Gasteiger partial charge in [-0.25, -0.2) is 0 Å². The van der Waals surface area contributed by atoms with E-state index in [0.29, 0.717) is 16.3 Å². The molecule has 1 heterocycles. The molecule has 0 unspecified atom stereocenters. The van der Waals surface area contributed by atoms with Crippen LogP contribution in [0.25, 0.3) is 0 Å². The Hall–Kier alpha value is -3.36. The fourth-order valence-corrected chi connectivity index (χ4v) is 2.55. The second-order valence-corrected chi connectivity index (χ2v) is 6.10. The summed E-state index contributed by atoms with van der Waals surface area (Å²) < 4.78 is 0. The third kappa shape index (κ3) is 4.18. The van der Waals surface area contributed by atoms with Gasteiger partial charge in [-0.05, 0) is 55.0 Å². The van der Waals surface area contributed by atoms with E-state index in [0.717, 1.165) is 16.9 Å². The zero-order valence-electron chi connectivity index (χ0n) is 14.0. The van der Waals surface area contributed by atoms with E-state index in [2.05, 4.69) is 15.6 Å². The van der Waals surface area contributed by atoms with E-state index in [9.17, 15) is 4.79 Å². The van der Waals surface area contributed by atoms with E-state index in [4.69, 9.17) is 16.9 Å². The van der Waals surface area contributed by atoms with Crippen molar-refractivity contribution in [3.63, 3.8) is 0 Å². The van der Waals surface area contributed by atoms with Crippen molar-refractivity contribution in [2.75, 3.05) is 10.6 Å². The van der Waals surface area contributed by atoms with Crippen LogP contribution in [-0.2, 0) is 0 Å². The Kier molecular flexibility index (Phi) is 5.16. The number of carbonyl (C=O) groups excluding carboxylic acids is 1. The number of halogens is 1. The fourth-order valence-electron chi connectivity index (χ4n) is 2.38. The minimum atomic E-state index is -0.355. The average Bonchev–Trinajstić information content (AvgIpc) is 2.65. The number of pyridine rings is 1. The Morgan fingerprint density at radius 3 is 2.77 bits per heavy atom. The van der Waals surface area contributed by atoms with Gasteiger partial charge in [0.15, 0.2) is 0 Å². The van der Waals surface area contributed by atoms with Crippen LogP contribution < -0.4 is 10.6 Å². The quantitative estimate of drug-likeness (QED) is 0.691. The van der Waals surface area contributed by atoms with Crippen molar-refractivity contribution in [1.82, 2.24) is 4.98 Å². The molecule has 0 aliphatic heterocycles. The van der Waals surface area contributed by atoms with Crippen molar-refractivity contribution in [3.05, 3.63) is 82.6 Å². The third-order valence-electron chi connectivity index (χ3n) is 3.72. The number of aryl methyl sites for hydroxylation is 1. The molecule has 0 aliphatic rings. The molecule has 2 N–H and O–H groups in total. The number of carbonyl (C=O) groups is 1. The van der Waals surface area contributed by atoms with Crippen LogP contribution in [0, 0.1) is 18.3 Å². The molecule has 0 saturated carbocycles. The summed E-state index contributed by atoms with van der Waals surface area (Å²) in [6.07, 6.45) is 1.56. The predicted octanol–water partition coefficient (Wildman–Crippen LogP) is 4.91. The largest absolute Gasteiger partial charge is 0.355 e. The number of nitrogens with zero attached hydrogens (tertiary/aromatic N) is 2. The van der Waals surface area contributed by atoms with Crippen LogP contribution in [0.1, 0.15) is 21.6 Å². The van der Waals surface area contributed by atoms with Crippen LogP contribution in [0.4, 0.5) is 17.1 Å². The molecule has 128 valence electrons. The number of amides is 1. The Labute approximate surface area is 156 Å². The fraction of sp³-hybridized carbons (Fsp3) is 0.0500. The number of rotatable bonds is 4. The maximum Gasteiger partial charge on any atom is 0.274 e. The van der Waals surface area contributed by atoms with Gasteiger partial charge in [0.1, 0.15) is 5.69 Å². The van der Waals surface area contributed by atoms with Crippen LogP contribution in [0.3, 0.4) is 0 Å². The topological polar surface area (TPSA) is 77.8 Å². The van der Waals surface area contributed by atoms with E-state index in [1.807, 2.05) is 31.2 Å². The van der Waals surface area contributed by atoms with Crippen molar-refractivity contribution < 1.29 is 4.79 Å². The monoisotopic (exact) mass is 362 g/mol. The van der Waals surface area contributed by atoms with E-state index < -0.39 is 0 Å². The van der Waals surface area contributed by atoms with Gasteiger partial charge in [-0.15, -0.1) is 0 Å². The highest BCUT2D eigenvalue weighted by Gasteiger charge is 2.10. The van der Waals surface area contributed by atoms with Crippen LogP contribution in [-0.4, -0.2) is 10.9 Å². The smallest absolute Gasteiger partial charge is 0.274 e. The maximum absolute atomic E-state index is 12.4. The van der Waals surface area contributed by atoms with Gasteiger partial charge < -0.3 is 10.6 Å². The number of benzene rings is 2. The molecule has 0 atom stereocenters. The Morgan fingerprint density at radius 2 is 1.96 bits per heavy atom. The zero-order valence-corrected chi connectivity index (χ0v) is 14.7. The molecule has 0 bridgehead atoms. The van der Waals surface area contributed by atoms with Crippen molar-refractivity contribution in [2.24, 2.45) is 0 Å². The highest BCUT2D eigenvalue weighted by molar-refractivity contribution is 6.30. The Morgan fingerprint density at radius 1 is 1.12 bits per heavy atom. The van der Waals surface area contributed by atoms with Crippen LogP contribution in [0.15, 0.2) is 60.8 Å². The molecule has 0 aliphatic carbocycles. The Bertz CT molecular complexity index is 1010. The minimum absolute atomic E-state index is 0.261. The lowest BCUT2D eigenvalue weighted by Crippen LogP contribution is -2.14. The zero-order chi connectivity index (χ0) is 18.5. The average molecular weight is 363 g/mol. The van der Waals surface area contributed by atoms with E-state index in [1.165, 1.54) is 0 Å². The summed E-state index contributed by atoms with van der Waals surface area (Å²) in [5.74, 6) is -0.355. The number of aromatic nitrogens is 1. The molecule has 0 spiro atoms. The highest BCUT2D eigenvalue weighted by atomic mass is 35.5. The first kappa shape index (κ1) is 17.5. The van der Waals surface area contributed by atoms with Crippen LogP contribution >= 0.6 is 11.6 Å². The molecule has 0 fully saturated rings. The number of anilines is 3. The second kappa shape index (κ2) is 7.68. The first-order chi connectivity index (χ1) is 12.5. The second-order valence-electron chi connectivity index (χ2n) is 5.66. The number of nitriles is 1. The Balaban J connectivity index is 1.79. The van der Waals surface area contributed by atoms with Crippen molar-refractivity contribution in [1.29, 1.82) is 5.26 Å². The predicted molar refractivity (Wildman–Crippen MR) is 103 cm³/mol. The third-order valence-corrected chi connectivity index (χ3v) is 3.96. The van der Waals surface area contributed by atoms with Gasteiger partial charge in [0.2, 0.25) is 0 Å². The number of nitrogens with one attached hydrogen (secondary N) is 2. The molecule has 0 saturated heterocycles. The van der Waals surface area contributed by atoms with Crippen molar-refractivity contribution in [2.45, 2.75) is 6.92 Å². The highest BCUT2D eigenvalue weighted by Crippen LogP contribution is 2.24. The summed E-state index contributed by atoms with van der Waals surface area (Å²) in [7, 11) is 0. The molecule has 2 aromatic carbocycles. The molecule has 26 heavy (non-hydrogen) atoms. The minimum Gasteiger partial charge on any atom is -0.355 e. The van der Waals surface area contributed by atoms with E-state index in [-0.39, 0.29) is 11.6 Å². The van der Waals surface area contributed by atoms with Gasteiger partial charge in [-0.3, -0.25) is 9.78 Å². The number of hydrogen-bond acceptors (Lipinski definition) is 4. The van der Waals surface area contributed by atoms with Gasteiger partial charge >= 0.3 is 0 Å².